The van der Waals surface area contributed by atoms with Gasteiger partial charge in [0.2, 0.25) is 5.06 Å². The van der Waals surface area contributed by atoms with Crippen molar-refractivity contribution in [1.29, 1.82) is 0 Å². The van der Waals surface area contributed by atoms with E-state index in [4.69, 9.17) is 21.1 Å². The Bertz CT molecular complexity index is 709. The van der Waals surface area contributed by atoms with Crippen LogP contribution in [0.4, 0.5) is 0 Å². The highest BCUT2D eigenvalue weighted by Crippen LogP contribution is 2.46. The van der Waals surface area contributed by atoms with Gasteiger partial charge in [-0.1, -0.05) is 23.7 Å². The van der Waals surface area contributed by atoms with Gasteiger partial charge in [0.25, 0.3) is 0 Å². The summed E-state index contributed by atoms with van der Waals surface area (Å²) in [6, 6.07) is 7.24. The first kappa shape index (κ1) is 17.0. The Balaban J connectivity index is 1.99. The van der Waals surface area contributed by atoms with Crippen molar-refractivity contribution in [1.82, 2.24) is 4.98 Å². The second-order valence-electron chi connectivity index (χ2n) is 5.30. The molecule has 23 heavy (non-hydrogen) atoms. The van der Waals surface area contributed by atoms with E-state index in [-0.39, 0.29) is 0 Å². The average molecular weight is 409 g/mol. The van der Waals surface area contributed by atoms with Gasteiger partial charge in [0.1, 0.15) is 11.9 Å². The lowest BCUT2D eigenvalue weighted by Crippen LogP contribution is -2.70. The van der Waals surface area contributed by atoms with Crippen molar-refractivity contribution in [2.24, 2.45) is 0 Å². The molecule has 1 aliphatic heterocycles. The van der Waals surface area contributed by atoms with Crippen LogP contribution in [0.1, 0.15) is 0 Å². The normalized spacial score (nSPS) is 37.9. The average Bonchev–Trinajstić information content (AvgIpc) is 2.93. The molecule has 3 rings (SSSR count). The number of nitrogens with one attached hydrogen (secondary N) is 1. The van der Waals surface area contributed by atoms with Crippen LogP contribution < -0.4 is 4.74 Å². The van der Waals surface area contributed by atoms with E-state index < -0.39 is 34.7 Å². The fourth-order valence-corrected chi connectivity index (χ4v) is 3.20. The fourth-order valence-electron chi connectivity index (χ4n) is 2.51. The van der Waals surface area contributed by atoms with Crippen LogP contribution in [0, 0.1) is 0 Å². The van der Waals surface area contributed by atoms with Gasteiger partial charge >= 0.3 is 0 Å². The highest BCUT2D eigenvalue weighted by atomic mass is 79.9. The van der Waals surface area contributed by atoms with Gasteiger partial charge in [-0.15, -0.1) is 0 Å². The van der Waals surface area contributed by atoms with E-state index in [1.807, 2.05) is 12.1 Å². The monoisotopic (exact) mass is 407 g/mol. The molecule has 0 unspecified atom stereocenters. The number of alkyl halides is 2. The second kappa shape index (κ2) is 5.89. The number of aliphatic hydroxyl groups is 4. The third-order valence-corrected chi connectivity index (χ3v) is 5.61. The Morgan fingerprint density at radius 3 is 2.74 bits per heavy atom. The first-order chi connectivity index (χ1) is 10.8. The number of benzene rings is 1. The van der Waals surface area contributed by atoms with Crippen LogP contribution in [-0.2, 0) is 4.74 Å². The number of aliphatic hydroxyl groups excluding tert-OH is 3. The number of aromatic amines is 1. The van der Waals surface area contributed by atoms with Gasteiger partial charge < -0.3 is 34.9 Å². The summed E-state index contributed by atoms with van der Waals surface area (Å²) in [5.41, 5.74) is 0.787. The zero-order chi connectivity index (χ0) is 16.8. The number of ether oxygens (including phenoxy) is 2. The van der Waals surface area contributed by atoms with E-state index in [1.165, 1.54) is 0 Å². The minimum Gasteiger partial charge on any atom is -0.481 e. The van der Waals surface area contributed by atoms with Crippen LogP contribution in [0.25, 0.3) is 10.9 Å². The molecule has 1 aromatic heterocycles. The Hall–Kier alpha value is -0.870. The maximum Gasteiger partial charge on any atom is 0.220 e. The Morgan fingerprint density at radius 2 is 2.04 bits per heavy atom. The summed E-state index contributed by atoms with van der Waals surface area (Å²) in [4.78, 5) is 2.98. The Labute approximate surface area is 144 Å². The molecule has 1 fully saturated rings. The van der Waals surface area contributed by atoms with E-state index in [9.17, 15) is 20.4 Å². The number of halogens is 2. The molecule has 0 amide bonds. The fraction of sp³-hybridized carbons (Fsp3) is 0.429. The van der Waals surface area contributed by atoms with Crippen molar-refractivity contribution >= 4 is 38.4 Å². The molecule has 1 aromatic carbocycles. The minimum absolute atomic E-state index is 0.325. The summed E-state index contributed by atoms with van der Waals surface area (Å²) < 4.78 is 8.74. The number of rotatable bonds is 3. The maximum absolute atomic E-state index is 10.5. The molecule has 1 aliphatic rings. The van der Waals surface area contributed by atoms with Crippen molar-refractivity contribution in [2.75, 3.05) is 6.61 Å². The molecular weight excluding hydrogens is 394 g/mol. The molecule has 126 valence electrons. The lowest BCUT2D eigenvalue weighted by atomic mass is 9.98. The van der Waals surface area contributed by atoms with Gasteiger partial charge in [-0.3, -0.25) is 0 Å². The molecule has 7 nitrogen and oxygen atoms in total. The molecular formula is C14H15BrClNO6. The molecule has 2 aromatic rings. The summed E-state index contributed by atoms with van der Waals surface area (Å²) in [5, 5.41) is 38.3. The quantitative estimate of drug-likeness (QED) is 0.476. The number of hydrogen-bond donors (Lipinski definition) is 5. The van der Waals surface area contributed by atoms with Crippen LogP contribution in [0.3, 0.4) is 0 Å². The smallest absolute Gasteiger partial charge is 0.220 e. The lowest BCUT2D eigenvalue weighted by Gasteiger charge is -2.49. The summed E-state index contributed by atoms with van der Waals surface area (Å²) in [7, 11) is 0. The van der Waals surface area contributed by atoms with Gasteiger partial charge in [-0.05, 0) is 28.1 Å². The highest BCUT2D eigenvalue weighted by Gasteiger charge is 2.64. The van der Waals surface area contributed by atoms with Crippen LogP contribution in [0.2, 0.25) is 0 Å². The zero-order valence-electron chi connectivity index (χ0n) is 11.7. The first-order valence-corrected chi connectivity index (χ1v) is 7.95. The maximum atomic E-state index is 10.5. The van der Waals surface area contributed by atoms with Gasteiger partial charge in [-0.25, -0.2) is 0 Å². The van der Waals surface area contributed by atoms with Crippen molar-refractivity contribution in [3.63, 3.8) is 0 Å². The van der Waals surface area contributed by atoms with E-state index in [2.05, 4.69) is 20.9 Å². The zero-order valence-corrected chi connectivity index (χ0v) is 14.0. The van der Waals surface area contributed by atoms with Crippen LogP contribution in [0.5, 0.6) is 5.75 Å². The van der Waals surface area contributed by atoms with Gasteiger partial charge in [-0.2, -0.15) is 0 Å². The molecule has 9 heteroatoms. The molecule has 0 aliphatic carbocycles. The van der Waals surface area contributed by atoms with E-state index in [0.717, 1.165) is 5.52 Å². The molecule has 0 spiro atoms. The topological polar surface area (TPSA) is 115 Å². The summed E-state index contributed by atoms with van der Waals surface area (Å²) >= 11 is 9.06. The van der Waals surface area contributed by atoms with Crippen molar-refractivity contribution in [2.45, 2.75) is 28.1 Å². The summed E-state index contributed by atoms with van der Waals surface area (Å²) in [6.07, 6.45) is -3.28. The number of para-hydroxylation sites is 1. The number of fused-ring (bicyclic) bond motifs is 1. The standard InChI is InChI=1S/C14H15BrClNO6/c15-13(6-18)14(16,21)11(10(19)12(20)23-13)22-9-5-17-8-4-2-1-3-7(8)9/h1-5,10-12,17-21H,6H2/t10-,11-,12+,13-,14-/m1/s1. The molecule has 5 N–H and O–H groups in total. The SMILES string of the molecule is OC[C@@]1(Br)O[C@H](O)[C@H](O)[C@@H](Oc2c[nH]c3ccccc23)[C@]1(O)Cl. The first-order valence-electron chi connectivity index (χ1n) is 6.78. The van der Waals surface area contributed by atoms with Crippen molar-refractivity contribution in [3.05, 3.63) is 30.5 Å². The predicted molar refractivity (Wildman–Crippen MR) is 85.4 cm³/mol. The molecule has 1 saturated heterocycles. The van der Waals surface area contributed by atoms with Crippen molar-refractivity contribution < 1.29 is 29.9 Å². The predicted octanol–water partition coefficient (Wildman–Crippen LogP) is 0.636. The number of aromatic nitrogens is 1. The summed E-state index contributed by atoms with van der Waals surface area (Å²) in [5.74, 6) is 0.325. The summed E-state index contributed by atoms with van der Waals surface area (Å²) in [6.45, 7) is -0.759. The molecule has 0 bridgehead atoms. The van der Waals surface area contributed by atoms with Gasteiger partial charge in [0, 0.05) is 17.1 Å². The van der Waals surface area contributed by atoms with Gasteiger partial charge in [0.15, 0.2) is 16.9 Å². The third-order valence-electron chi connectivity index (χ3n) is 3.82. The van der Waals surface area contributed by atoms with Crippen LogP contribution in [0.15, 0.2) is 30.5 Å². The Morgan fingerprint density at radius 1 is 1.35 bits per heavy atom. The van der Waals surface area contributed by atoms with E-state index >= 15 is 0 Å². The molecule has 0 radical (unpaired) electrons. The van der Waals surface area contributed by atoms with Crippen molar-refractivity contribution in [3.8, 4) is 5.75 Å². The third kappa shape index (κ3) is 2.64. The highest BCUT2D eigenvalue weighted by molar-refractivity contribution is 9.10. The number of H-pyrrole nitrogens is 1. The second-order valence-corrected chi connectivity index (χ2v) is 7.15. The largest absolute Gasteiger partial charge is 0.481 e. The molecule has 5 atom stereocenters. The molecule has 2 heterocycles. The van der Waals surface area contributed by atoms with Crippen LogP contribution in [-0.4, -0.2) is 60.1 Å². The van der Waals surface area contributed by atoms with Crippen LogP contribution >= 0.6 is 27.5 Å². The van der Waals surface area contributed by atoms with E-state index in [1.54, 1.807) is 18.3 Å². The van der Waals surface area contributed by atoms with Gasteiger partial charge in [0.05, 0.1) is 6.61 Å². The van der Waals surface area contributed by atoms with E-state index in [0.29, 0.717) is 11.1 Å². The Kier molecular flexibility index (Phi) is 4.35. The minimum atomic E-state index is -2.35. The number of hydrogen-bond acceptors (Lipinski definition) is 6. The molecule has 0 saturated carbocycles. The lowest BCUT2D eigenvalue weighted by molar-refractivity contribution is -0.303.